The van der Waals surface area contributed by atoms with Crippen molar-refractivity contribution >= 4 is 12.0 Å². The summed E-state index contributed by atoms with van der Waals surface area (Å²) in [5.41, 5.74) is 1.49. The summed E-state index contributed by atoms with van der Waals surface area (Å²) in [5.74, 6) is 3.05. The van der Waals surface area contributed by atoms with Crippen LogP contribution in [0.5, 0.6) is 11.5 Å². The third-order valence-corrected chi connectivity index (χ3v) is 3.11. The van der Waals surface area contributed by atoms with Crippen LogP contribution in [0.4, 0.5) is 0 Å². The highest BCUT2D eigenvalue weighted by atomic mass is 16.5. The van der Waals surface area contributed by atoms with Crippen molar-refractivity contribution in [3.63, 3.8) is 0 Å². The van der Waals surface area contributed by atoms with E-state index in [0.717, 1.165) is 5.56 Å². The van der Waals surface area contributed by atoms with E-state index in [0.29, 0.717) is 23.5 Å². The van der Waals surface area contributed by atoms with Gasteiger partial charge in [0.2, 0.25) is 0 Å². The molecule has 1 rings (SSSR count). The number of ether oxygens (including phenoxy) is 2. The molecule has 0 unspecified atom stereocenters. The van der Waals surface area contributed by atoms with Gasteiger partial charge in [-0.1, -0.05) is 12.0 Å². The molecule has 0 saturated carbocycles. The van der Waals surface area contributed by atoms with Gasteiger partial charge in [-0.3, -0.25) is 4.79 Å². The van der Waals surface area contributed by atoms with Crippen molar-refractivity contribution < 1.29 is 14.3 Å². The first-order chi connectivity index (χ1) is 11.5. The van der Waals surface area contributed by atoms with Gasteiger partial charge in [0.1, 0.15) is 18.2 Å². The Morgan fingerprint density at radius 3 is 2.67 bits per heavy atom. The number of nitrogens with zero attached hydrogens (tertiary/aromatic N) is 2. The Balaban J connectivity index is 3.43. The lowest BCUT2D eigenvalue weighted by Crippen LogP contribution is -2.22. The van der Waals surface area contributed by atoms with Gasteiger partial charge in [0.15, 0.2) is 11.5 Å². The molecule has 24 heavy (non-hydrogen) atoms. The van der Waals surface area contributed by atoms with Gasteiger partial charge in [-0.05, 0) is 30.2 Å². The number of hydrogen-bond donors (Lipinski definition) is 0. The molecule has 0 N–H and O–H groups in total. The van der Waals surface area contributed by atoms with Crippen LogP contribution in [0.3, 0.4) is 0 Å². The van der Waals surface area contributed by atoms with E-state index in [1.54, 1.807) is 26.2 Å². The minimum atomic E-state index is -0.366. The lowest BCUT2D eigenvalue weighted by Gasteiger charge is -2.15. The zero-order valence-electron chi connectivity index (χ0n) is 14.1. The van der Waals surface area contributed by atoms with Crippen LogP contribution < -0.4 is 9.47 Å². The second kappa shape index (κ2) is 9.07. The maximum absolute atomic E-state index is 12.0. The smallest absolute Gasteiger partial charge is 0.264 e. The second-order valence-electron chi connectivity index (χ2n) is 5.07. The largest absolute Gasteiger partial charge is 0.493 e. The molecule has 0 saturated heterocycles. The molecule has 0 bridgehead atoms. The number of benzene rings is 1. The van der Waals surface area contributed by atoms with E-state index in [-0.39, 0.29) is 18.1 Å². The van der Waals surface area contributed by atoms with Crippen molar-refractivity contribution in [2.45, 2.75) is 6.42 Å². The average molecular weight is 324 g/mol. The van der Waals surface area contributed by atoms with Gasteiger partial charge in [-0.25, -0.2) is 0 Å². The fourth-order valence-electron chi connectivity index (χ4n) is 2.05. The molecule has 0 heterocycles. The fraction of sp³-hybridized carbons (Fsp3) is 0.263. The van der Waals surface area contributed by atoms with E-state index in [9.17, 15) is 10.1 Å². The number of methoxy groups -OCH3 is 1. The zero-order chi connectivity index (χ0) is 18.1. The number of nitriles is 1. The molecule has 0 aliphatic carbocycles. The van der Waals surface area contributed by atoms with Gasteiger partial charge in [0.05, 0.1) is 7.11 Å². The molecule has 0 spiro atoms. The van der Waals surface area contributed by atoms with Crippen molar-refractivity contribution in [3.8, 4) is 29.9 Å². The SMILES string of the molecule is C#CCOc1c(CC=C)cc(/C=C(/C#N)C(=O)N(C)C)cc1OC. The van der Waals surface area contributed by atoms with E-state index < -0.39 is 0 Å². The Hall–Kier alpha value is -3.18. The van der Waals surface area contributed by atoms with Gasteiger partial charge in [-0.2, -0.15) is 5.26 Å². The van der Waals surface area contributed by atoms with Crippen molar-refractivity contribution in [1.82, 2.24) is 4.90 Å². The van der Waals surface area contributed by atoms with E-state index in [4.69, 9.17) is 15.9 Å². The monoisotopic (exact) mass is 324 g/mol. The first-order valence-corrected chi connectivity index (χ1v) is 7.20. The standard InChI is InChI=1S/C19H20N2O3/c1-6-8-15-10-14(11-16(13-20)19(22)21(3)4)12-17(23-5)18(15)24-9-7-2/h2,6,10-12H,1,8-9H2,3-5H3/b16-11-. The van der Waals surface area contributed by atoms with Gasteiger partial charge >= 0.3 is 0 Å². The zero-order valence-corrected chi connectivity index (χ0v) is 14.1. The summed E-state index contributed by atoms with van der Waals surface area (Å²) >= 11 is 0. The van der Waals surface area contributed by atoms with Gasteiger partial charge in [-0.15, -0.1) is 13.0 Å². The number of rotatable bonds is 7. The molecule has 1 aromatic carbocycles. The van der Waals surface area contributed by atoms with Crippen LogP contribution in [0.1, 0.15) is 11.1 Å². The average Bonchev–Trinajstić information content (AvgIpc) is 2.57. The highest BCUT2D eigenvalue weighted by Gasteiger charge is 2.15. The summed E-state index contributed by atoms with van der Waals surface area (Å²) in [6.45, 7) is 3.84. The maximum Gasteiger partial charge on any atom is 0.264 e. The number of terminal acetylenes is 1. The summed E-state index contributed by atoms with van der Waals surface area (Å²) < 4.78 is 10.9. The molecule has 1 amide bonds. The lowest BCUT2D eigenvalue weighted by atomic mass is 10.0. The third kappa shape index (κ3) is 4.66. The highest BCUT2D eigenvalue weighted by molar-refractivity contribution is 6.01. The van der Waals surface area contributed by atoms with E-state index in [2.05, 4.69) is 12.5 Å². The number of carbonyl (C=O) groups is 1. The summed E-state index contributed by atoms with van der Waals surface area (Å²) in [7, 11) is 4.70. The fourth-order valence-corrected chi connectivity index (χ4v) is 2.05. The Labute approximate surface area is 142 Å². The number of allylic oxidation sites excluding steroid dienone is 1. The number of amides is 1. The molecule has 124 valence electrons. The van der Waals surface area contributed by atoms with Gasteiger partial charge < -0.3 is 14.4 Å². The first-order valence-electron chi connectivity index (χ1n) is 7.20. The summed E-state index contributed by atoms with van der Waals surface area (Å²) in [4.78, 5) is 13.3. The third-order valence-electron chi connectivity index (χ3n) is 3.11. The molecule has 5 heteroatoms. The van der Waals surface area contributed by atoms with E-state index in [1.807, 2.05) is 12.1 Å². The van der Waals surface area contributed by atoms with Crippen LogP contribution in [-0.2, 0) is 11.2 Å². The molecule has 0 aliphatic heterocycles. The molecular weight excluding hydrogens is 304 g/mol. The number of likely N-dealkylation sites (N-methyl/N-ethyl adjacent to an activating group) is 1. The Bertz CT molecular complexity index is 734. The molecule has 0 aliphatic rings. The van der Waals surface area contributed by atoms with Crippen LogP contribution in [0.2, 0.25) is 0 Å². The van der Waals surface area contributed by atoms with E-state index >= 15 is 0 Å². The van der Waals surface area contributed by atoms with Crippen molar-refractivity contribution in [3.05, 3.63) is 41.5 Å². The summed E-state index contributed by atoms with van der Waals surface area (Å²) in [5, 5.41) is 9.22. The van der Waals surface area contributed by atoms with Gasteiger partial charge in [0, 0.05) is 19.7 Å². The van der Waals surface area contributed by atoms with Crippen molar-refractivity contribution in [2.24, 2.45) is 0 Å². The molecule has 0 aromatic heterocycles. The minimum absolute atomic E-state index is 0.0314. The first kappa shape index (κ1) is 18.9. The Morgan fingerprint density at radius 1 is 1.46 bits per heavy atom. The molecule has 0 fully saturated rings. The predicted octanol–water partition coefficient (Wildman–Crippen LogP) is 2.43. The summed E-state index contributed by atoms with van der Waals surface area (Å²) in [6, 6.07) is 5.43. The second-order valence-corrected chi connectivity index (χ2v) is 5.07. The molecule has 0 radical (unpaired) electrons. The van der Waals surface area contributed by atoms with Crippen LogP contribution in [0, 0.1) is 23.7 Å². The molecule has 0 atom stereocenters. The van der Waals surface area contributed by atoms with E-state index in [1.165, 1.54) is 18.1 Å². The maximum atomic E-state index is 12.0. The highest BCUT2D eigenvalue weighted by Crippen LogP contribution is 2.34. The quantitative estimate of drug-likeness (QED) is 0.334. The molecule has 5 nitrogen and oxygen atoms in total. The van der Waals surface area contributed by atoms with Crippen LogP contribution in [0.25, 0.3) is 6.08 Å². The lowest BCUT2D eigenvalue weighted by molar-refractivity contribution is -0.124. The Kier molecular flexibility index (Phi) is 7.13. The summed E-state index contributed by atoms with van der Waals surface area (Å²) in [6.07, 6.45) is 9.01. The van der Waals surface area contributed by atoms with Crippen molar-refractivity contribution in [2.75, 3.05) is 27.8 Å². The molecule has 1 aromatic rings. The normalized spacial score (nSPS) is 10.3. The predicted molar refractivity (Wildman–Crippen MR) is 93.5 cm³/mol. The topological polar surface area (TPSA) is 62.6 Å². The number of hydrogen-bond acceptors (Lipinski definition) is 4. The van der Waals surface area contributed by atoms with Crippen LogP contribution in [-0.4, -0.2) is 38.6 Å². The Morgan fingerprint density at radius 2 is 2.17 bits per heavy atom. The van der Waals surface area contributed by atoms with Crippen molar-refractivity contribution in [1.29, 1.82) is 5.26 Å². The number of carbonyl (C=O) groups excluding carboxylic acids is 1. The molecular formula is C19H20N2O3. The van der Waals surface area contributed by atoms with Crippen LogP contribution >= 0.6 is 0 Å². The van der Waals surface area contributed by atoms with Crippen LogP contribution in [0.15, 0.2) is 30.4 Å². The van der Waals surface area contributed by atoms with Gasteiger partial charge in [0.25, 0.3) is 5.91 Å². The minimum Gasteiger partial charge on any atom is -0.493 e.